The van der Waals surface area contributed by atoms with Gasteiger partial charge in [0.05, 0.1) is 16.6 Å². The monoisotopic (exact) mass is 887 g/mol. The number of benzene rings is 3. The molecule has 17 heteroatoms. The number of aliphatic carboxylic acids is 1. The molecular formula is C46H61N7O9S. The Labute approximate surface area is 369 Å². The van der Waals surface area contributed by atoms with Crippen molar-refractivity contribution in [3.05, 3.63) is 113 Å². The van der Waals surface area contributed by atoms with Crippen molar-refractivity contribution in [2.45, 2.75) is 127 Å². The molecule has 3 aromatic carbocycles. The lowest BCUT2D eigenvalue weighted by atomic mass is 10.0. The second-order valence-electron chi connectivity index (χ2n) is 15.9. The van der Waals surface area contributed by atoms with Crippen LogP contribution < -0.4 is 27.0 Å². The minimum atomic E-state index is -3.96. The van der Waals surface area contributed by atoms with Crippen LogP contribution in [0.25, 0.3) is 0 Å². The molecular weight excluding hydrogens is 827 g/mol. The Morgan fingerprint density at radius 3 is 1.89 bits per heavy atom. The first kappa shape index (κ1) is 49.6. The first-order valence-corrected chi connectivity index (χ1v) is 22.8. The number of aromatic hydroxyl groups is 1. The van der Waals surface area contributed by atoms with Crippen LogP contribution in [0.3, 0.4) is 0 Å². The van der Waals surface area contributed by atoms with Gasteiger partial charge in [-0.05, 0) is 74.9 Å². The van der Waals surface area contributed by atoms with Crippen molar-refractivity contribution in [2.75, 3.05) is 6.54 Å². The SMILES string of the molecule is CCCCCCCC(=O)NCCCCC(NC(=O)C(N)Cc1cn(S(=O)(=O)c2ccc(C)cc2)cn1)C(=O)NC(Cc1ccc(C)cc1)C(=O)NC(Cc1ccc(O)cc1)C(=O)O. The van der Waals surface area contributed by atoms with Crippen molar-refractivity contribution in [2.24, 2.45) is 5.73 Å². The van der Waals surface area contributed by atoms with Gasteiger partial charge in [0.1, 0.15) is 30.2 Å². The van der Waals surface area contributed by atoms with E-state index in [1.165, 1.54) is 30.5 Å². The number of hydrogen-bond acceptors (Lipinski definition) is 10. The summed E-state index contributed by atoms with van der Waals surface area (Å²) >= 11 is 0. The van der Waals surface area contributed by atoms with E-state index < -0.39 is 57.9 Å². The smallest absolute Gasteiger partial charge is 0.326 e. The number of carbonyl (C=O) groups excluding carboxylic acids is 4. The number of nitrogens with two attached hydrogens (primary N) is 1. The van der Waals surface area contributed by atoms with Gasteiger partial charge in [-0.15, -0.1) is 0 Å². The Hall–Kier alpha value is -6.07. The molecule has 0 saturated carbocycles. The number of nitrogens with zero attached hydrogens (tertiary/aromatic N) is 2. The molecule has 4 amide bonds. The molecule has 0 fully saturated rings. The lowest BCUT2D eigenvalue weighted by molar-refractivity contribution is -0.142. The molecule has 1 heterocycles. The number of phenolic OH excluding ortho intramolecular Hbond substituents is 1. The van der Waals surface area contributed by atoms with Crippen LogP contribution in [0, 0.1) is 13.8 Å². The standard InChI is InChI=1S/C46H61N7O9S/c1-4-5-6-7-8-12-42(55)48-25-10-9-11-39(50-43(56)38(47)28-35-29-53(30-49-35)63(61,62)37-23-15-32(3)16-24-37)44(57)51-40(26-33-17-13-31(2)14-18-33)45(58)52-41(46(59)60)27-34-19-21-36(54)22-20-34/h13-24,29-30,38-41,54H,4-12,25-28,47H2,1-3H3,(H,48,55)(H,50,56)(H,51,57)(H,52,58)(H,59,60). The maximum absolute atomic E-state index is 14.2. The van der Waals surface area contributed by atoms with Crippen LogP contribution >= 0.6 is 0 Å². The summed E-state index contributed by atoms with van der Waals surface area (Å²) in [4.78, 5) is 70.7. The van der Waals surface area contributed by atoms with E-state index in [1.807, 2.05) is 26.0 Å². The van der Waals surface area contributed by atoms with E-state index in [0.717, 1.165) is 53.5 Å². The first-order chi connectivity index (χ1) is 30.0. The first-order valence-electron chi connectivity index (χ1n) is 21.4. The highest BCUT2D eigenvalue weighted by atomic mass is 32.2. The van der Waals surface area contributed by atoms with Gasteiger partial charge in [0.2, 0.25) is 23.6 Å². The number of aryl methyl sites for hydroxylation is 2. The number of imidazole rings is 1. The number of phenols is 1. The summed E-state index contributed by atoms with van der Waals surface area (Å²) in [6.45, 7) is 6.21. The second kappa shape index (κ2) is 24.5. The fourth-order valence-corrected chi connectivity index (χ4v) is 7.89. The van der Waals surface area contributed by atoms with Gasteiger partial charge in [-0.1, -0.05) is 92.3 Å². The van der Waals surface area contributed by atoms with Crippen molar-refractivity contribution < 1.29 is 42.6 Å². The average molecular weight is 888 g/mol. The number of carboxylic acids is 1. The van der Waals surface area contributed by atoms with Gasteiger partial charge in [-0.25, -0.2) is 22.2 Å². The number of aromatic nitrogens is 2. The van der Waals surface area contributed by atoms with Crippen LogP contribution in [0.1, 0.15) is 92.7 Å². The quantitative estimate of drug-likeness (QED) is 0.0444. The minimum Gasteiger partial charge on any atom is -0.508 e. The van der Waals surface area contributed by atoms with Crippen LogP contribution in [-0.4, -0.2) is 87.9 Å². The fraction of sp³-hybridized carbons (Fsp3) is 0.435. The molecule has 0 aliphatic heterocycles. The lowest BCUT2D eigenvalue weighted by Gasteiger charge is -2.25. The van der Waals surface area contributed by atoms with Crippen molar-refractivity contribution in [3.8, 4) is 5.75 Å². The topological polar surface area (TPSA) is 252 Å². The molecule has 4 unspecified atom stereocenters. The zero-order valence-electron chi connectivity index (χ0n) is 36.2. The van der Waals surface area contributed by atoms with E-state index in [-0.39, 0.29) is 47.9 Å². The zero-order chi connectivity index (χ0) is 45.9. The lowest BCUT2D eigenvalue weighted by Crippen LogP contribution is -2.58. The third-order valence-corrected chi connectivity index (χ3v) is 12.2. The maximum atomic E-state index is 14.2. The summed E-state index contributed by atoms with van der Waals surface area (Å²) in [7, 11) is -3.96. The Morgan fingerprint density at radius 2 is 1.25 bits per heavy atom. The van der Waals surface area contributed by atoms with Crippen LogP contribution in [-0.2, 0) is 53.3 Å². The summed E-state index contributed by atoms with van der Waals surface area (Å²) in [6, 6.07) is 14.3. The third-order valence-electron chi connectivity index (χ3n) is 10.5. The van der Waals surface area contributed by atoms with Crippen LogP contribution in [0.5, 0.6) is 5.75 Å². The van der Waals surface area contributed by atoms with Gasteiger partial charge < -0.3 is 37.2 Å². The van der Waals surface area contributed by atoms with E-state index >= 15 is 0 Å². The van der Waals surface area contributed by atoms with Crippen molar-refractivity contribution >= 4 is 39.6 Å². The van der Waals surface area contributed by atoms with Crippen LogP contribution in [0.2, 0.25) is 0 Å². The van der Waals surface area contributed by atoms with E-state index in [1.54, 1.807) is 36.4 Å². The molecule has 1 aromatic heterocycles. The van der Waals surface area contributed by atoms with E-state index in [4.69, 9.17) is 5.73 Å². The van der Waals surface area contributed by atoms with Crippen molar-refractivity contribution in [1.29, 1.82) is 0 Å². The summed E-state index contributed by atoms with van der Waals surface area (Å²) in [6.07, 6.45) is 8.57. The predicted molar refractivity (Wildman–Crippen MR) is 238 cm³/mol. The van der Waals surface area contributed by atoms with Crippen molar-refractivity contribution in [1.82, 2.24) is 30.2 Å². The van der Waals surface area contributed by atoms with Crippen molar-refractivity contribution in [3.63, 3.8) is 0 Å². The van der Waals surface area contributed by atoms with Crippen LogP contribution in [0.4, 0.5) is 0 Å². The maximum Gasteiger partial charge on any atom is 0.326 e. The molecule has 63 heavy (non-hydrogen) atoms. The molecule has 0 bridgehead atoms. The second-order valence-corrected chi connectivity index (χ2v) is 17.8. The average Bonchev–Trinajstić information content (AvgIpc) is 3.73. The molecule has 4 aromatic rings. The van der Waals surface area contributed by atoms with Gasteiger partial charge >= 0.3 is 5.97 Å². The van der Waals surface area contributed by atoms with E-state index in [0.29, 0.717) is 36.9 Å². The van der Waals surface area contributed by atoms with Gasteiger partial charge in [-0.3, -0.25) is 19.2 Å². The number of nitrogens with one attached hydrogen (secondary N) is 4. The highest BCUT2D eigenvalue weighted by molar-refractivity contribution is 7.90. The molecule has 4 atom stereocenters. The number of rotatable bonds is 26. The number of carboxylic acid groups (broad SMARTS) is 1. The van der Waals surface area contributed by atoms with Crippen LogP contribution in [0.15, 0.2) is 90.2 Å². The fourth-order valence-electron chi connectivity index (χ4n) is 6.74. The van der Waals surface area contributed by atoms with Gasteiger partial charge in [0.25, 0.3) is 10.0 Å². The number of hydrogen-bond donors (Lipinski definition) is 7. The normalized spacial score (nSPS) is 13.3. The number of carbonyl (C=O) groups is 5. The Bertz CT molecular complexity index is 2230. The number of unbranched alkanes of at least 4 members (excludes halogenated alkanes) is 5. The Balaban J connectivity index is 1.49. The molecule has 0 aliphatic rings. The molecule has 340 valence electrons. The summed E-state index contributed by atoms with van der Waals surface area (Å²) in [5.41, 5.74) is 9.60. The van der Waals surface area contributed by atoms with Gasteiger partial charge in [0.15, 0.2) is 0 Å². The molecule has 0 radical (unpaired) electrons. The molecule has 0 saturated heterocycles. The molecule has 0 spiro atoms. The minimum absolute atomic E-state index is 0.00355. The Morgan fingerprint density at radius 1 is 0.698 bits per heavy atom. The predicted octanol–water partition coefficient (Wildman–Crippen LogP) is 3.98. The molecule has 4 rings (SSSR count). The molecule has 16 nitrogen and oxygen atoms in total. The highest BCUT2D eigenvalue weighted by Crippen LogP contribution is 2.17. The third kappa shape index (κ3) is 16.3. The largest absolute Gasteiger partial charge is 0.508 e. The summed E-state index contributed by atoms with van der Waals surface area (Å²) in [5.74, 6) is -3.61. The highest BCUT2D eigenvalue weighted by Gasteiger charge is 2.31. The summed E-state index contributed by atoms with van der Waals surface area (Å²) < 4.78 is 27.3. The Kier molecular flexibility index (Phi) is 19.3. The number of amides is 4. The van der Waals surface area contributed by atoms with Gasteiger partial charge in [0, 0.05) is 38.4 Å². The van der Waals surface area contributed by atoms with E-state index in [2.05, 4.69) is 33.2 Å². The molecule has 8 N–H and O–H groups in total. The van der Waals surface area contributed by atoms with Gasteiger partial charge in [-0.2, -0.15) is 0 Å². The molecule has 0 aliphatic carbocycles. The summed E-state index contributed by atoms with van der Waals surface area (Å²) in [5, 5.41) is 30.6. The van der Waals surface area contributed by atoms with E-state index in [9.17, 15) is 42.6 Å². The zero-order valence-corrected chi connectivity index (χ0v) is 37.0.